The van der Waals surface area contributed by atoms with E-state index in [9.17, 15) is 0 Å². The van der Waals surface area contributed by atoms with E-state index in [1.807, 2.05) is 0 Å². The topological polar surface area (TPSA) is 38.0 Å². The Hall–Kier alpha value is -1.12. The molecule has 0 saturated heterocycles. The Balaban J connectivity index is 2.81. The number of benzene rings is 1. The summed E-state index contributed by atoms with van der Waals surface area (Å²) in [7, 11) is 0. The maximum Gasteiger partial charge on any atom is 0.0463 e. The van der Waals surface area contributed by atoms with Crippen LogP contribution in [0.25, 0.3) is 0 Å². The van der Waals surface area contributed by atoms with Gasteiger partial charge in [0.2, 0.25) is 0 Å². The first-order chi connectivity index (χ1) is 7.52. The predicted octanol–water partition coefficient (Wildman–Crippen LogP) is 3.16. The van der Waals surface area contributed by atoms with Gasteiger partial charge >= 0.3 is 0 Å². The molecule has 0 aliphatic rings. The number of hydrogen-bond acceptors (Lipinski definition) is 2. The third kappa shape index (κ3) is 3.80. The highest BCUT2D eigenvalue weighted by atomic mass is 15.2. The number of rotatable bonds is 5. The van der Waals surface area contributed by atoms with Gasteiger partial charge in [-0.2, -0.15) is 0 Å². The van der Waals surface area contributed by atoms with Crippen molar-refractivity contribution in [3.8, 4) is 0 Å². The summed E-state index contributed by atoms with van der Waals surface area (Å²) in [4.78, 5) is 0. The van der Waals surface area contributed by atoms with Gasteiger partial charge in [-0.1, -0.05) is 34.9 Å². The second-order valence-electron chi connectivity index (χ2n) is 4.64. The zero-order chi connectivity index (χ0) is 12.1. The molecule has 2 nitrogen and oxygen atoms in total. The van der Waals surface area contributed by atoms with Crippen LogP contribution in [0.1, 0.15) is 42.5 Å². The van der Waals surface area contributed by atoms with Crippen LogP contribution >= 0.6 is 0 Å². The Morgan fingerprint density at radius 3 is 2.31 bits per heavy atom. The third-order valence-electron chi connectivity index (χ3n) is 2.71. The van der Waals surface area contributed by atoms with E-state index in [4.69, 9.17) is 5.84 Å². The van der Waals surface area contributed by atoms with E-state index in [1.54, 1.807) is 0 Å². The van der Waals surface area contributed by atoms with E-state index in [0.717, 1.165) is 12.8 Å². The second-order valence-corrected chi connectivity index (χ2v) is 4.64. The molecule has 0 heterocycles. The number of aryl methyl sites for hydroxylation is 2. The van der Waals surface area contributed by atoms with Crippen molar-refractivity contribution in [2.24, 2.45) is 5.84 Å². The maximum atomic E-state index is 5.61. The molecule has 0 bridgehead atoms. The summed E-state index contributed by atoms with van der Waals surface area (Å²) >= 11 is 0. The first kappa shape index (κ1) is 12.9. The number of allylic oxidation sites excluding steroid dienone is 1. The number of hydrogen-bond donors (Lipinski definition) is 2. The molecule has 1 aromatic carbocycles. The van der Waals surface area contributed by atoms with Crippen molar-refractivity contribution in [1.82, 2.24) is 5.43 Å². The lowest BCUT2D eigenvalue weighted by Gasteiger charge is -2.17. The highest BCUT2D eigenvalue weighted by molar-refractivity contribution is 5.30. The molecule has 0 radical (unpaired) electrons. The van der Waals surface area contributed by atoms with Crippen molar-refractivity contribution in [3.63, 3.8) is 0 Å². The molecule has 1 rings (SSSR count). The highest BCUT2D eigenvalue weighted by Crippen LogP contribution is 2.21. The minimum Gasteiger partial charge on any atom is -0.271 e. The molecule has 1 aromatic rings. The molecule has 0 saturated carbocycles. The smallest absolute Gasteiger partial charge is 0.0463 e. The summed E-state index contributed by atoms with van der Waals surface area (Å²) in [5, 5.41) is 0. The molecule has 1 unspecified atom stereocenters. The van der Waals surface area contributed by atoms with Gasteiger partial charge in [0, 0.05) is 6.04 Å². The lowest BCUT2D eigenvalue weighted by molar-refractivity contribution is 0.515. The number of nitrogens with one attached hydrogen (secondary N) is 1. The van der Waals surface area contributed by atoms with Crippen LogP contribution in [0.5, 0.6) is 0 Å². The van der Waals surface area contributed by atoms with E-state index in [1.165, 1.54) is 22.3 Å². The normalized spacial score (nSPS) is 12.5. The molecule has 0 aromatic heterocycles. The SMILES string of the molecule is C=C(C)CCC(NN)c1cc(C)cc(C)c1. The fourth-order valence-corrected chi connectivity index (χ4v) is 1.95. The summed E-state index contributed by atoms with van der Waals surface area (Å²) in [5.74, 6) is 5.61. The van der Waals surface area contributed by atoms with Gasteiger partial charge in [0.25, 0.3) is 0 Å². The summed E-state index contributed by atoms with van der Waals surface area (Å²) in [5.41, 5.74) is 7.92. The average Bonchev–Trinajstić information content (AvgIpc) is 2.16. The van der Waals surface area contributed by atoms with E-state index in [-0.39, 0.29) is 6.04 Å². The third-order valence-corrected chi connectivity index (χ3v) is 2.71. The first-order valence-corrected chi connectivity index (χ1v) is 5.71. The Bertz CT molecular complexity index is 349. The Labute approximate surface area is 98.5 Å². The van der Waals surface area contributed by atoms with Crippen molar-refractivity contribution >= 4 is 0 Å². The molecule has 16 heavy (non-hydrogen) atoms. The van der Waals surface area contributed by atoms with Crippen LogP contribution < -0.4 is 11.3 Å². The van der Waals surface area contributed by atoms with E-state index < -0.39 is 0 Å². The zero-order valence-corrected chi connectivity index (χ0v) is 10.5. The van der Waals surface area contributed by atoms with Gasteiger partial charge in [0.1, 0.15) is 0 Å². The van der Waals surface area contributed by atoms with Crippen LogP contribution in [0.2, 0.25) is 0 Å². The van der Waals surface area contributed by atoms with Crippen LogP contribution in [0.15, 0.2) is 30.4 Å². The van der Waals surface area contributed by atoms with E-state index in [0.29, 0.717) is 0 Å². The second kappa shape index (κ2) is 5.83. The van der Waals surface area contributed by atoms with Gasteiger partial charge < -0.3 is 0 Å². The van der Waals surface area contributed by atoms with Gasteiger partial charge in [0.05, 0.1) is 0 Å². The van der Waals surface area contributed by atoms with Crippen molar-refractivity contribution in [3.05, 3.63) is 47.0 Å². The van der Waals surface area contributed by atoms with Gasteiger partial charge in [-0.05, 0) is 39.2 Å². The fraction of sp³-hybridized carbons (Fsp3) is 0.429. The molecule has 0 amide bonds. The molecule has 0 spiro atoms. The Morgan fingerprint density at radius 1 is 1.31 bits per heavy atom. The highest BCUT2D eigenvalue weighted by Gasteiger charge is 2.10. The molecule has 88 valence electrons. The van der Waals surface area contributed by atoms with Gasteiger partial charge in [0.15, 0.2) is 0 Å². The van der Waals surface area contributed by atoms with Crippen LogP contribution in [-0.4, -0.2) is 0 Å². The minimum absolute atomic E-state index is 0.218. The average molecular weight is 218 g/mol. The van der Waals surface area contributed by atoms with Crippen molar-refractivity contribution in [1.29, 1.82) is 0 Å². The predicted molar refractivity (Wildman–Crippen MR) is 70.0 cm³/mol. The molecule has 0 fully saturated rings. The molecule has 0 aliphatic heterocycles. The van der Waals surface area contributed by atoms with Crippen molar-refractivity contribution in [2.45, 2.75) is 39.7 Å². The molecule has 3 N–H and O–H groups in total. The standard InChI is InChI=1S/C14H22N2/c1-10(2)5-6-14(16-15)13-8-11(3)7-12(4)9-13/h7-9,14,16H,1,5-6,15H2,2-4H3. The lowest BCUT2D eigenvalue weighted by Crippen LogP contribution is -2.28. The fourth-order valence-electron chi connectivity index (χ4n) is 1.95. The molecule has 0 aliphatic carbocycles. The largest absolute Gasteiger partial charge is 0.271 e. The van der Waals surface area contributed by atoms with Crippen molar-refractivity contribution < 1.29 is 0 Å². The number of nitrogens with two attached hydrogens (primary N) is 1. The zero-order valence-electron chi connectivity index (χ0n) is 10.5. The van der Waals surface area contributed by atoms with Crippen LogP contribution in [0.3, 0.4) is 0 Å². The summed E-state index contributed by atoms with van der Waals surface area (Å²) < 4.78 is 0. The quantitative estimate of drug-likeness (QED) is 0.452. The van der Waals surface area contributed by atoms with E-state index in [2.05, 4.69) is 51.0 Å². The molecule has 2 heteroatoms. The summed E-state index contributed by atoms with van der Waals surface area (Å²) in [6.45, 7) is 10.2. The monoisotopic (exact) mass is 218 g/mol. The molecular weight excluding hydrogens is 196 g/mol. The van der Waals surface area contributed by atoms with Crippen LogP contribution in [-0.2, 0) is 0 Å². The maximum absolute atomic E-state index is 5.61. The Kier molecular flexibility index (Phi) is 4.71. The lowest BCUT2D eigenvalue weighted by atomic mass is 9.97. The van der Waals surface area contributed by atoms with Gasteiger partial charge in [-0.25, -0.2) is 0 Å². The number of hydrazine groups is 1. The van der Waals surface area contributed by atoms with Gasteiger partial charge in [-0.15, -0.1) is 6.58 Å². The van der Waals surface area contributed by atoms with Crippen LogP contribution in [0, 0.1) is 13.8 Å². The van der Waals surface area contributed by atoms with Gasteiger partial charge in [-0.3, -0.25) is 11.3 Å². The van der Waals surface area contributed by atoms with Crippen LogP contribution in [0.4, 0.5) is 0 Å². The Morgan fingerprint density at radius 2 is 1.88 bits per heavy atom. The van der Waals surface area contributed by atoms with Crippen molar-refractivity contribution in [2.75, 3.05) is 0 Å². The molecule has 1 atom stereocenters. The van der Waals surface area contributed by atoms with E-state index >= 15 is 0 Å². The minimum atomic E-state index is 0.218. The first-order valence-electron chi connectivity index (χ1n) is 5.71. The summed E-state index contributed by atoms with van der Waals surface area (Å²) in [6, 6.07) is 6.78. The molecular formula is C14H22N2. The summed E-state index contributed by atoms with van der Waals surface area (Å²) in [6.07, 6.45) is 2.00.